The molecule has 0 spiro atoms. The molecule has 138 valence electrons. The van der Waals surface area contributed by atoms with Gasteiger partial charge in [-0.1, -0.05) is 18.6 Å². The van der Waals surface area contributed by atoms with Gasteiger partial charge in [0, 0.05) is 18.1 Å². The number of ether oxygens (including phenoxy) is 1. The van der Waals surface area contributed by atoms with Crippen molar-refractivity contribution in [2.75, 3.05) is 13.7 Å². The first-order chi connectivity index (χ1) is 12.6. The lowest BCUT2D eigenvalue weighted by Gasteiger charge is -2.47. The van der Waals surface area contributed by atoms with Crippen molar-refractivity contribution in [2.45, 2.75) is 57.2 Å². The molecule has 1 aromatic heterocycles. The molecule has 6 heteroatoms. The Kier molecular flexibility index (Phi) is 4.53. The number of aromatic nitrogens is 2. The van der Waals surface area contributed by atoms with Gasteiger partial charge in [0.1, 0.15) is 0 Å². The fourth-order valence-electron chi connectivity index (χ4n) is 4.65. The molecule has 4 rings (SSSR count). The van der Waals surface area contributed by atoms with Crippen molar-refractivity contribution in [1.82, 2.24) is 14.5 Å². The SMILES string of the molecule is CCOC(=O)c1nc2ccccc2n(C2CC3CCC[C@@H](C2)N3C)c1=O. The first-order valence-corrected chi connectivity index (χ1v) is 9.50. The predicted octanol–water partition coefficient (Wildman–Crippen LogP) is 2.76. The van der Waals surface area contributed by atoms with Gasteiger partial charge in [-0.3, -0.25) is 4.79 Å². The van der Waals surface area contributed by atoms with Crippen molar-refractivity contribution in [3.63, 3.8) is 0 Å². The Morgan fingerprint density at radius 3 is 2.58 bits per heavy atom. The third-order valence-corrected chi connectivity index (χ3v) is 5.94. The zero-order valence-electron chi connectivity index (χ0n) is 15.4. The molecule has 0 N–H and O–H groups in total. The number of para-hydroxylation sites is 2. The van der Waals surface area contributed by atoms with E-state index in [-0.39, 0.29) is 23.9 Å². The van der Waals surface area contributed by atoms with Crippen LogP contribution >= 0.6 is 0 Å². The molecule has 0 radical (unpaired) electrons. The highest BCUT2D eigenvalue weighted by Gasteiger charge is 2.38. The molecule has 0 aliphatic carbocycles. The first-order valence-electron chi connectivity index (χ1n) is 9.50. The lowest BCUT2D eigenvalue weighted by Crippen LogP contribution is -2.51. The number of carbonyl (C=O) groups is 1. The van der Waals surface area contributed by atoms with Gasteiger partial charge < -0.3 is 14.2 Å². The van der Waals surface area contributed by atoms with Gasteiger partial charge in [0.05, 0.1) is 17.6 Å². The Morgan fingerprint density at radius 1 is 1.19 bits per heavy atom. The molecule has 1 aromatic carbocycles. The molecule has 3 heterocycles. The van der Waals surface area contributed by atoms with Crippen LogP contribution in [0.1, 0.15) is 55.6 Å². The number of rotatable bonds is 3. The maximum atomic E-state index is 13.2. The lowest BCUT2D eigenvalue weighted by molar-refractivity contribution is 0.0397. The average Bonchev–Trinajstić information content (AvgIpc) is 2.61. The van der Waals surface area contributed by atoms with Gasteiger partial charge in [-0.25, -0.2) is 9.78 Å². The third-order valence-electron chi connectivity index (χ3n) is 5.94. The summed E-state index contributed by atoms with van der Waals surface area (Å²) in [6, 6.07) is 8.66. The number of esters is 1. The number of benzene rings is 1. The predicted molar refractivity (Wildman–Crippen MR) is 99.4 cm³/mol. The molecule has 3 atom stereocenters. The van der Waals surface area contributed by atoms with Gasteiger partial charge in [-0.15, -0.1) is 0 Å². The van der Waals surface area contributed by atoms with Crippen molar-refractivity contribution in [1.29, 1.82) is 0 Å². The highest BCUT2D eigenvalue weighted by molar-refractivity contribution is 5.89. The Bertz CT molecular complexity index is 877. The zero-order valence-corrected chi connectivity index (χ0v) is 15.4. The van der Waals surface area contributed by atoms with Crippen LogP contribution in [-0.2, 0) is 4.74 Å². The molecule has 0 saturated carbocycles. The molecule has 2 unspecified atom stereocenters. The smallest absolute Gasteiger partial charge is 0.362 e. The second-order valence-electron chi connectivity index (χ2n) is 7.37. The summed E-state index contributed by atoms with van der Waals surface area (Å²) in [5.74, 6) is -0.634. The van der Waals surface area contributed by atoms with E-state index < -0.39 is 5.97 Å². The highest BCUT2D eigenvalue weighted by atomic mass is 16.5. The van der Waals surface area contributed by atoms with Crippen LogP contribution in [-0.4, -0.2) is 46.2 Å². The van der Waals surface area contributed by atoms with Gasteiger partial charge in [-0.2, -0.15) is 0 Å². The van der Waals surface area contributed by atoms with E-state index in [9.17, 15) is 9.59 Å². The molecular formula is C20H25N3O3. The second kappa shape index (κ2) is 6.83. The molecule has 2 aromatic rings. The molecule has 26 heavy (non-hydrogen) atoms. The molecule has 0 amide bonds. The van der Waals surface area contributed by atoms with Crippen molar-refractivity contribution in [2.24, 2.45) is 0 Å². The maximum absolute atomic E-state index is 13.2. The number of hydrogen-bond donors (Lipinski definition) is 0. The summed E-state index contributed by atoms with van der Waals surface area (Å²) in [6.45, 7) is 1.96. The van der Waals surface area contributed by atoms with Crippen LogP contribution in [0.25, 0.3) is 11.0 Å². The molecule has 2 fully saturated rings. The molecule has 6 nitrogen and oxygen atoms in total. The van der Waals surface area contributed by atoms with E-state index in [1.807, 2.05) is 28.8 Å². The van der Waals surface area contributed by atoms with Crippen molar-refractivity contribution >= 4 is 17.0 Å². The summed E-state index contributed by atoms with van der Waals surface area (Å²) in [5.41, 5.74) is 1.04. The Morgan fingerprint density at radius 2 is 1.88 bits per heavy atom. The monoisotopic (exact) mass is 355 g/mol. The normalized spacial score (nSPS) is 26.0. The number of nitrogens with zero attached hydrogens (tertiary/aromatic N) is 3. The van der Waals surface area contributed by atoms with Crippen molar-refractivity contribution in [3.05, 3.63) is 40.3 Å². The molecular weight excluding hydrogens is 330 g/mol. The van der Waals surface area contributed by atoms with Crippen LogP contribution in [0.15, 0.2) is 29.1 Å². The molecule has 2 bridgehead atoms. The van der Waals surface area contributed by atoms with Gasteiger partial charge >= 0.3 is 5.97 Å². The number of hydrogen-bond acceptors (Lipinski definition) is 5. The van der Waals surface area contributed by atoms with E-state index in [0.29, 0.717) is 17.6 Å². The van der Waals surface area contributed by atoms with Gasteiger partial charge in [0.25, 0.3) is 5.56 Å². The minimum atomic E-state index is -0.634. The summed E-state index contributed by atoms with van der Waals surface area (Å²) < 4.78 is 6.88. The van der Waals surface area contributed by atoms with E-state index in [0.717, 1.165) is 18.4 Å². The fourth-order valence-corrected chi connectivity index (χ4v) is 4.65. The van der Waals surface area contributed by atoms with Crippen LogP contribution in [0.2, 0.25) is 0 Å². The maximum Gasteiger partial charge on any atom is 0.362 e. The minimum Gasteiger partial charge on any atom is -0.461 e. The number of fused-ring (bicyclic) bond motifs is 3. The molecule has 2 aliphatic heterocycles. The van der Waals surface area contributed by atoms with Crippen LogP contribution in [0.3, 0.4) is 0 Å². The van der Waals surface area contributed by atoms with E-state index in [1.54, 1.807) is 6.92 Å². The largest absolute Gasteiger partial charge is 0.461 e. The summed E-state index contributed by atoms with van der Waals surface area (Å²) in [6.07, 6.45) is 5.47. The van der Waals surface area contributed by atoms with Crippen LogP contribution in [0.5, 0.6) is 0 Å². The summed E-state index contributed by atoms with van der Waals surface area (Å²) in [4.78, 5) is 32.3. The zero-order chi connectivity index (χ0) is 18.3. The Balaban J connectivity index is 1.84. The topological polar surface area (TPSA) is 64.4 Å². The summed E-state index contributed by atoms with van der Waals surface area (Å²) >= 11 is 0. The number of piperidine rings is 2. The average molecular weight is 355 g/mol. The fraction of sp³-hybridized carbons (Fsp3) is 0.550. The van der Waals surface area contributed by atoms with Gasteiger partial charge in [0.15, 0.2) is 0 Å². The minimum absolute atomic E-state index is 0.0927. The number of carbonyl (C=O) groups excluding carboxylic acids is 1. The van der Waals surface area contributed by atoms with E-state index in [1.165, 1.54) is 19.3 Å². The second-order valence-corrected chi connectivity index (χ2v) is 7.37. The van der Waals surface area contributed by atoms with E-state index in [4.69, 9.17) is 4.74 Å². The summed E-state index contributed by atoms with van der Waals surface area (Å²) in [7, 11) is 2.20. The quantitative estimate of drug-likeness (QED) is 0.792. The van der Waals surface area contributed by atoms with Crippen LogP contribution in [0, 0.1) is 0 Å². The van der Waals surface area contributed by atoms with Crippen LogP contribution < -0.4 is 5.56 Å². The van der Waals surface area contributed by atoms with Crippen molar-refractivity contribution < 1.29 is 9.53 Å². The third kappa shape index (κ3) is 2.82. The van der Waals surface area contributed by atoms with Crippen molar-refractivity contribution in [3.8, 4) is 0 Å². The Hall–Kier alpha value is -2.21. The highest BCUT2D eigenvalue weighted by Crippen LogP contribution is 2.38. The lowest BCUT2D eigenvalue weighted by atomic mass is 9.82. The Labute approximate surface area is 152 Å². The van der Waals surface area contributed by atoms with Gasteiger partial charge in [-0.05, 0) is 51.8 Å². The van der Waals surface area contributed by atoms with Crippen LogP contribution in [0.4, 0.5) is 0 Å². The van der Waals surface area contributed by atoms with E-state index in [2.05, 4.69) is 16.9 Å². The molecule has 2 saturated heterocycles. The summed E-state index contributed by atoms with van der Waals surface area (Å²) in [5, 5.41) is 0. The molecule has 2 aliphatic rings. The first kappa shape index (κ1) is 17.2. The standard InChI is InChI=1S/C20H25N3O3/c1-3-26-20(25)18-19(24)23(17-10-5-4-9-16(17)21-18)15-11-13-7-6-8-14(12-15)22(13)2/h4-5,9-10,13-15H,3,6-8,11-12H2,1-2H3/t13-,14?,15?/m0/s1. The van der Waals surface area contributed by atoms with E-state index >= 15 is 0 Å². The van der Waals surface area contributed by atoms with Gasteiger partial charge in [0.2, 0.25) is 5.69 Å².